The number of thiol groups is 2. The number of nitrogens with zero attached hydrogens (tertiary/aromatic N) is 1. The molecule has 9 heteroatoms. The molecule has 0 spiro atoms. The predicted octanol–water partition coefficient (Wildman–Crippen LogP) is 3.42. The Hall–Kier alpha value is -0.800. The van der Waals surface area contributed by atoms with Crippen LogP contribution in [0.15, 0.2) is 56.6 Å². The average Bonchev–Trinajstić information content (AvgIpc) is 2.73. The quantitative estimate of drug-likeness (QED) is 0.499. The molecular weight excluding hydrogens is 390 g/mol. The van der Waals surface area contributed by atoms with Crippen LogP contribution in [0.4, 0.5) is 0 Å². The Morgan fingerprint density at radius 3 is 2.58 bits per heavy atom. The summed E-state index contributed by atoms with van der Waals surface area (Å²) < 4.78 is 37.6. The summed E-state index contributed by atoms with van der Waals surface area (Å²) in [5, 5.41) is 0. The normalized spacial score (nSPS) is 18.2. The number of methoxy groups -OCH3 is 1. The molecule has 0 aromatic carbocycles. The molecular formula is C15H20ClNO4S3. The van der Waals surface area contributed by atoms with Crippen molar-refractivity contribution in [1.82, 2.24) is 4.31 Å². The van der Waals surface area contributed by atoms with Crippen molar-refractivity contribution in [3.8, 4) is 0 Å². The minimum atomic E-state index is -3.87. The van der Waals surface area contributed by atoms with Crippen molar-refractivity contribution in [1.29, 1.82) is 0 Å². The molecule has 1 unspecified atom stereocenters. The van der Waals surface area contributed by atoms with Gasteiger partial charge in [0.15, 0.2) is 11.5 Å². The van der Waals surface area contributed by atoms with Gasteiger partial charge < -0.3 is 9.47 Å². The zero-order valence-electron chi connectivity index (χ0n) is 13.5. The number of halogens is 1. The van der Waals surface area contributed by atoms with E-state index in [9.17, 15) is 8.42 Å². The van der Waals surface area contributed by atoms with Gasteiger partial charge in [-0.15, -0.1) is 25.3 Å². The predicted molar refractivity (Wildman–Crippen MR) is 104 cm³/mol. The minimum Gasteiger partial charge on any atom is -0.493 e. The lowest BCUT2D eigenvalue weighted by Crippen LogP contribution is -2.35. The third-order valence-corrected chi connectivity index (χ3v) is 5.96. The molecule has 0 amide bonds. The minimum absolute atomic E-state index is 0.0427. The van der Waals surface area contributed by atoms with E-state index in [4.69, 9.17) is 21.1 Å². The molecule has 0 fully saturated rings. The van der Waals surface area contributed by atoms with Crippen LogP contribution in [0.5, 0.6) is 0 Å². The van der Waals surface area contributed by atoms with Gasteiger partial charge >= 0.3 is 0 Å². The summed E-state index contributed by atoms with van der Waals surface area (Å²) >= 11 is 13.6. The molecule has 0 aliphatic heterocycles. The number of hydrogen-bond acceptors (Lipinski definition) is 6. The second kappa shape index (κ2) is 9.62. The van der Waals surface area contributed by atoms with E-state index in [0.29, 0.717) is 18.1 Å². The van der Waals surface area contributed by atoms with Crippen molar-refractivity contribution in [3.63, 3.8) is 0 Å². The molecule has 0 N–H and O–H groups in total. The highest BCUT2D eigenvalue weighted by atomic mass is 35.5. The molecule has 134 valence electrons. The Morgan fingerprint density at radius 2 is 2.08 bits per heavy atom. The van der Waals surface area contributed by atoms with Crippen molar-refractivity contribution < 1.29 is 17.9 Å². The smallest absolute Gasteiger partial charge is 0.245 e. The van der Waals surface area contributed by atoms with Crippen molar-refractivity contribution in [2.24, 2.45) is 0 Å². The maximum Gasteiger partial charge on any atom is 0.245 e. The Labute approximate surface area is 159 Å². The van der Waals surface area contributed by atoms with E-state index in [1.165, 1.54) is 24.5 Å². The third-order valence-electron chi connectivity index (χ3n) is 3.15. The molecule has 0 bridgehead atoms. The van der Waals surface area contributed by atoms with E-state index in [1.807, 2.05) is 6.92 Å². The van der Waals surface area contributed by atoms with E-state index < -0.39 is 16.1 Å². The van der Waals surface area contributed by atoms with Crippen molar-refractivity contribution >= 4 is 46.9 Å². The van der Waals surface area contributed by atoms with Crippen molar-refractivity contribution in [2.75, 3.05) is 20.8 Å². The molecule has 24 heavy (non-hydrogen) atoms. The standard InChI is InChI=1S/C15H20ClNO4S3/c1-4-21-13-10-11(6-5-7-12(13)20-3)17(2)24(18,19)14(8-9-16)15(22)23/h5-11,22-23H,4H2,1-3H3/b9-8+. The van der Waals surface area contributed by atoms with Crippen molar-refractivity contribution in [3.05, 3.63) is 56.6 Å². The van der Waals surface area contributed by atoms with Gasteiger partial charge in [-0.3, -0.25) is 0 Å². The number of likely N-dealkylation sites (N-methyl/N-ethyl adjacent to an activating group) is 1. The number of allylic oxidation sites excluding steroid dienone is 3. The first-order valence-corrected chi connectivity index (χ1v) is 9.71. The Morgan fingerprint density at radius 1 is 1.42 bits per heavy atom. The number of sulfonamides is 1. The number of ether oxygens (including phenoxy) is 2. The van der Waals surface area contributed by atoms with Gasteiger partial charge in [-0.1, -0.05) is 23.8 Å². The van der Waals surface area contributed by atoms with E-state index >= 15 is 0 Å². The van der Waals surface area contributed by atoms with Crippen LogP contribution in [0.25, 0.3) is 0 Å². The highest BCUT2D eigenvalue weighted by Crippen LogP contribution is 2.27. The average molecular weight is 410 g/mol. The lowest BCUT2D eigenvalue weighted by atomic mass is 10.2. The van der Waals surface area contributed by atoms with Gasteiger partial charge in [-0.25, -0.2) is 8.42 Å². The van der Waals surface area contributed by atoms with Crippen LogP contribution in [-0.2, 0) is 19.5 Å². The molecule has 0 saturated carbocycles. The summed E-state index contributed by atoms with van der Waals surface area (Å²) in [6.45, 7) is 2.26. The fourth-order valence-electron chi connectivity index (χ4n) is 1.95. The molecule has 0 radical (unpaired) electrons. The second-order valence-electron chi connectivity index (χ2n) is 4.58. The summed E-state index contributed by atoms with van der Waals surface area (Å²) in [5.41, 5.74) is 1.10. The number of rotatable bonds is 7. The largest absolute Gasteiger partial charge is 0.493 e. The first kappa shape index (κ1) is 21.2. The van der Waals surface area contributed by atoms with E-state index in [2.05, 4.69) is 25.3 Å². The van der Waals surface area contributed by atoms with Gasteiger partial charge in [0.25, 0.3) is 0 Å². The Kier molecular flexibility index (Phi) is 8.52. The van der Waals surface area contributed by atoms with Crippen LogP contribution in [0.2, 0.25) is 0 Å². The summed E-state index contributed by atoms with van der Waals surface area (Å²) in [4.78, 5) is -0.101. The van der Waals surface area contributed by atoms with Crippen LogP contribution in [0.1, 0.15) is 6.92 Å². The topological polar surface area (TPSA) is 55.8 Å². The SMILES string of the molecule is CCOC1=CC(N(C)S(=O)(=O)C(/C=C/Cl)=C(S)S)C=CC=C1OC. The lowest BCUT2D eigenvalue weighted by Gasteiger charge is -2.24. The first-order valence-electron chi connectivity index (χ1n) is 6.94. The van der Waals surface area contributed by atoms with Gasteiger partial charge in [-0.2, -0.15) is 4.31 Å². The molecule has 1 aliphatic rings. The summed E-state index contributed by atoms with van der Waals surface area (Å²) in [6, 6.07) is -0.583. The highest BCUT2D eigenvalue weighted by molar-refractivity contribution is 8.06. The molecule has 0 aromatic rings. The fraction of sp³-hybridized carbons (Fsp3) is 0.333. The van der Waals surface area contributed by atoms with E-state index in [1.54, 1.807) is 24.3 Å². The Balaban J connectivity index is 3.29. The zero-order chi connectivity index (χ0) is 18.3. The lowest BCUT2D eigenvalue weighted by molar-refractivity contribution is 0.185. The molecule has 1 aliphatic carbocycles. The van der Waals surface area contributed by atoms with Gasteiger partial charge in [-0.05, 0) is 25.2 Å². The first-order chi connectivity index (χ1) is 11.3. The molecule has 5 nitrogen and oxygen atoms in total. The maximum absolute atomic E-state index is 12.8. The van der Waals surface area contributed by atoms with Crippen molar-refractivity contribution in [2.45, 2.75) is 13.0 Å². The molecule has 1 rings (SSSR count). The summed E-state index contributed by atoms with van der Waals surface area (Å²) in [7, 11) is -0.893. The van der Waals surface area contributed by atoms with E-state index in [-0.39, 0.29) is 9.14 Å². The molecule has 0 saturated heterocycles. The highest BCUT2D eigenvalue weighted by Gasteiger charge is 2.29. The van der Waals surface area contributed by atoms with Crippen LogP contribution >= 0.6 is 36.9 Å². The maximum atomic E-state index is 12.8. The van der Waals surface area contributed by atoms with Crippen LogP contribution in [0.3, 0.4) is 0 Å². The summed E-state index contributed by atoms with van der Waals surface area (Å²) in [5.74, 6) is 0.981. The Bertz CT molecular complexity index is 704. The van der Waals surface area contributed by atoms with Crippen LogP contribution in [-0.4, -0.2) is 39.5 Å². The van der Waals surface area contributed by atoms with E-state index in [0.717, 1.165) is 5.54 Å². The van der Waals surface area contributed by atoms with Crippen LogP contribution in [0, 0.1) is 0 Å². The van der Waals surface area contributed by atoms with Gasteiger partial charge in [0.05, 0.1) is 24.0 Å². The third kappa shape index (κ3) is 5.10. The van der Waals surface area contributed by atoms with Gasteiger partial charge in [0.1, 0.15) is 4.91 Å². The monoisotopic (exact) mass is 409 g/mol. The molecule has 0 heterocycles. The molecule has 1 atom stereocenters. The van der Waals surface area contributed by atoms with Crippen LogP contribution < -0.4 is 0 Å². The second-order valence-corrected chi connectivity index (χ2v) is 8.04. The number of hydrogen-bond donors (Lipinski definition) is 2. The zero-order valence-corrected chi connectivity index (χ0v) is 16.9. The molecule has 0 aromatic heterocycles. The van der Waals surface area contributed by atoms with Gasteiger partial charge in [0, 0.05) is 12.6 Å². The fourth-order valence-corrected chi connectivity index (χ4v) is 4.22. The van der Waals surface area contributed by atoms with Gasteiger partial charge in [0.2, 0.25) is 10.0 Å². The summed E-state index contributed by atoms with van der Waals surface area (Å²) in [6.07, 6.45) is 8.02.